The van der Waals surface area contributed by atoms with Gasteiger partial charge in [0.15, 0.2) is 0 Å². The molecule has 0 aliphatic carbocycles. The molecular weight excluding hydrogens is 382 g/mol. The second-order valence-electron chi connectivity index (χ2n) is 7.57. The zero-order chi connectivity index (χ0) is 21.2. The van der Waals surface area contributed by atoms with Crippen LogP contribution in [0.2, 0.25) is 0 Å². The van der Waals surface area contributed by atoms with Crippen molar-refractivity contribution in [3.63, 3.8) is 0 Å². The molecule has 4 nitrogen and oxygen atoms in total. The molecule has 0 saturated heterocycles. The SMILES string of the molecule is Cc1ccn2cc(-c3ccc(NC(=O)c4ccc(-c5ccccc5)cc4)cc3)nc2c1. The number of nitrogens with one attached hydrogen (secondary N) is 1. The van der Waals surface area contributed by atoms with Gasteiger partial charge in [-0.3, -0.25) is 4.79 Å². The molecule has 0 saturated carbocycles. The summed E-state index contributed by atoms with van der Waals surface area (Å²) >= 11 is 0. The lowest BCUT2D eigenvalue weighted by atomic mass is 10.0. The summed E-state index contributed by atoms with van der Waals surface area (Å²) in [6, 6.07) is 29.6. The van der Waals surface area contributed by atoms with Gasteiger partial charge in [-0.05, 0) is 60.0 Å². The van der Waals surface area contributed by atoms with Crippen LogP contribution in [0.4, 0.5) is 5.69 Å². The Morgan fingerprint density at radius 3 is 2.23 bits per heavy atom. The van der Waals surface area contributed by atoms with Crippen molar-refractivity contribution in [2.75, 3.05) is 5.32 Å². The van der Waals surface area contributed by atoms with Gasteiger partial charge >= 0.3 is 0 Å². The number of aryl methyl sites for hydroxylation is 1. The van der Waals surface area contributed by atoms with E-state index < -0.39 is 0 Å². The first-order valence-corrected chi connectivity index (χ1v) is 10.2. The first kappa shape index (κ1) is 18.8. The number of fused-ring (bicyclic) bond motifs is 1. The van der Waals surface area contributed by atoms with Crippen LogP contribution in [0.3, 0.4) is 0 Å². The fourth-order valence-corrected chi connectivity index (χ4v) is 3.60. The maximum Gasteiger partial charge on any atom is 0.255 e. The molecule has 0 aliphatic rings. The Balaban J connectivity index is 1.30. The third kappa shape index (κ3) is 3.96. The number of amides is 1. The molecule has 0 unspecified atom stereocenters. The van der Waals surface area contributed by atoms with Gasteiger partial charge in [0.25, 0.3) is 5.91 Å². The van der Waals surface area contributed by atoms with E-state index in [1.54, 1.807) is 0 Å². The number of nitrogens with zero attached hydrogens (tertiary/aromatic N) is 2. The van der Waals surface area contributed by atoms with E-state index in [2.05, 4.69) is 36.5 Å². The van der Waals surface area contributed by atoms with Crippen LogP contribution in [-0.2, 0) is 0 Å². The predicted octanol–water partition coefficient (Wildman–Crippen LogP) is 6.23. The van der Waals surface area contributed by atoms with Gasteiger partial charge in [0, 0.05) is 29.2 Å². The zero-order valence-corrected chi connectivity index (χ0v) is 17.1. The molecule has 0 fully saturated rings. The number of hydrogen-bond donors (Lipinski definition) is 1. The van der Waals surface area contributed by atoms with Gasteiger partial charge < -0.3 is 9.72 Å². The molecule has 0 radical (unpaired) electrons. The highest BCUT2D eigenvalue weighted by molar-refractivity contribution is 6.04. The molecule has 0 spiro atoms. The lowest BCUT2D eigenvalue weighted by Crippen LogP contribution is -2.11. The summed E-state index contributed by atoms with van der Waals surface area (Å²) < 4.78 is 2.01. The number of hydrogen-bond acceptors (Lipinski definition) is 2. The maximum absolute atomic E-state index is 12.6. The lowest BCUT2D eigenvalue weighted by molar-refractivity contribution is 0.102. The highest BCUT2D eigenvalue weighted by atomic mass is 16.1. The number of carbonyl (C=O) groups is 1. The summed E-state index contributed by atoms with van der Waals surface area (Å²) in [5.74, 6) is -0.129. The molecule has 5 rings (SSSR count). The van der Waals surface area contributed by atoms with Crippen molar-refractivity contribution >= 4 is 17.2 Å². The molecule has 1 N–H and O–H groups in total. The van der Waals surface area contributed by atoms with Crippen LogP contribution in [0, 0.1) is 6.92 Å². The van der Waals surface area contributed by atoms with Crippen LogP contribution >= 0.6 is 0 Å². The number of pyridine rings is 1. The van der Waals surface area contributed by atoms with Crippen LogP contribution in [0.15, 0.2) is 103 Å². The molecule has 2 heterocycles. The van der Waals surface area contributed by atoms with E-state index in [0.717, 1.165) is 33.7 Å². The largest absolute Gasteiger partial charge is 0.322 e. The quantitative estimate of drug-likeness (QED) is 0.387. The van der Waals surface area contributed by atoms with E-state index in [0.29, 0.717) is 5.56 Å². The van der Waals surface area contributed by atoms with Gasteiger partial charge in [0.05, 0.1) is 5.69 Å². The summed E-state index contributed by atoms with van der Waals surface area (Å²) in [5, 5.41) is 2.97. The van der Waals surface area contributed by atoms with E-state index in [9.17, 15) is 4.79 Å². The second kappa shape index (κ2) is 7.92. The average Bonchev–Trinajstić information content (AvgIpc) is 3.23. The summed E-state index contributed by atoms with van der Waals surface area (Å²) in [6.07, 6.45) is 4.02. The molecule has 5 aromatic rings. The number of carbonyl (C=O) groups excluding carboxylic acids is 1. The predicted molar refractivity (Wildman–Crippen MR) is 125 cm³/mol. The molecule has 0 bridgehead atoms. The topological polar surface area (TPSA) is 46.4 Å². The van der Waals surface area contributed by atoms with Gasteiger partial charge in [-0.15, -0.1) is 0 Å². The smallest absolute Gasteiger partial charge is 0.255 e. The molecule has 1 amide bonds. The normalized spacial score (nSPS) is 10.9. The summed E-state index contributed by atoms with van der Waals surface area (Å²) in [4.78, 5) is 17.3. The monoisotopic (exact) mass is 403 g/mol. The van der Waals surface area contributed by atoms with E-state index in [-0.39, 0.29) is 5.91 Å². The van der Waals surface area contributed by atoms with Crippen LogP contribution in [-0.4, -0.2) is 15.3 Å². The summed E-state index contributed by atoms with van der Waals surface area (Å²) in [5.41, 5.74) is 7.61. The van der Waals surface area contributed by atoms with Crippen molar-refractivity contribution in [2.45, 2.75) is 6.92 Å². The van der Waals surface area contributed by atoms with Gasteiger partial charge in [-0.1, -0.05) is 54.6 Å². The van der Waals surface area contributed by atoms with Crippen molar-refractivity contribution in [1.82, 2.24) is 9.38 Å². The van der Waals surface area contributed by atoms with E-state index in [4.69, 9.17) is 4.98 Å². The first-order chi connectivity index (χ1) is 15.2. The molecule has 4 heteroatoms. The fourth-order valence-electron chi connectivity index (χ4n) is 3.60. The minimum atomic E-state index is -0.129. The van der Waals surface area contributed by atoms with Crippen LogP contribution in [0.5, 0.6) is 0 Å². The third-order valence-corrected chi connectivity index (χ3v) is 5.31. The standard InChI is InChI=1S/C27H21N3O/c1-19-15-16-30-18-25(29-26(30)17-19)22-11-13-24(14-12-22)28-27(31)23-9-7-21(8-10-23)20-5-3-2-4-6-20/h2-18H,1H3,(H,28,31). The maximum atomic E-state index is 12.6. The molecule has 2 aromatic heterocycles. The number of aromatic nitrogens is 2. The van der Waals surface area contributed by atoms with Gasteiger partial charge in [-0.2, -0.15) is 0 Å². The average molecular weight is 403 g/mol. The molecule has 31 heavy (non-hydrogen) atoms. The Labute approximate surface area is 180 Å². The van der Waals surface area contributed by atoms with E-state index in [1.165, 1.54) is 5.56 Å². The Morgan fingerprint density at radius 2 is 1.48 bits per heavy atom. The minimum absolute atomic E-state index is 0.129. The number of anilines is 1. The number of rotatable bonds is 4. The van der Waals surface area contributed by atoms with E-state index >= 15 is 0 Å². The van der Waals surface area contributed by atoms with E-state index in [1.807, 2.05) is 83.5 Å². The molecule has 0 atom stereocenters. The van der Waals surface area contributed by atoms with Gasteiger partial charge in [-0.25, -0.2) is 4.98 Å². The summed E-state index contributed by atoms with van der Waals surface area (Å²) in [7, 11) is 0. The molecule has 0 aliphatic heterocycles. The van der Waals surface area contributed by atoms with Crippen molar-refractivity contribution in [3.8, 4) is 22.4 Å². The summed E-state index contributed by atoms with van der Waals surface area (Å²) in [6.45, 7) is 2.06. The van der Waals surface area contributed by atoms with Gasteiger partial charge in [0.1, 0.15) is 5.65 Å². The minimum Gasteiger partial charge on any atom is -0.322 e. The Morgan fingerprint density at radius 1 is 0.806 bits per heavy atom. The van der Waals surface area contributed by atoms with Crippen molar-refractivity contribution < 1.29 is 4.79 Å². The first-order valence-electron chi connectivity index (χ1n) is 10.2. The second-order valence-corrected chi connectivity index (χ2v) is 7.57. The number of imidazole rings is 1. The van der Waals surface area contributed by atoms with Crippen molar-refractivity contribution in [1.29, 1.82) is 0 Å². The van der Waals surface area contributed by atoms with Crippen LogP contribution < -0.4 is 5.32 Å². The Kier molecular flexibility index (Phi) is 4.81. The third-order valence-electron chi connectivity index (χ3n) is 5.31. The highest BCUT2D eigenvalue weighted by Gasteiger charge is 2.08. The molecule has 150 valence electrons. The van der Waals surface area contributed by atoms with Crippen LogP contribution in [0.25, 0.3) is 28.0 Å². The Hall–Kier alpha value is -4.18. The molecular formula is C27H21N3O. The van der Waals surface area contributed by atoms with Gasteiger partial charge in [0.2, 0.25) is 0 Å². The fraction of sp³-hybridized carbons (Fsp3) is 0.0370. The van der Waals surface area contributed by atoms with Crippen molar-refractivity contribution in [3.05, 3.63) is 115 Å². The lowest BCUT2D eigenvalue weighted by Gasteiger charge is -2.07. The van der Waals surface area contributed by atoms with Crippen LogP contribution in [0.1, 0.15) is 15.9 Å². The zero-order valence-electron chi connectivity index (χ0n) is 17.1. The Bertz CT molecular complexity index is 1350. The number of benzene rings is 3. The van der Waals surface area contributed by atoms with Crippen molar-refractivity contribution in [2.24, 2.45) is 0 Å². The molecule has 3 aromatic carbocycles. The highest BCUT2D eigenvalue weighted by Crippen LogP contribution is 2.23.